The Morgan fingerprint density at radius 2 is 1.81 bits per heavy atom. The lowest BCUT2D eigenvalue weighted by Crippen LogP contribution is -2.48. The zero-order valence-electron chi connectivity index (χ0n) is 14.8. The molecule has 0 saturated carbocycles. The predicted molar refractivity (Wildman–Crippen MR) is 98.0 cm³/mol. The van der Waals surface area contributed by atoms with Crippen LogP contribution < -0.4 is 4.74 Å². The van der Waals surface area contributed by atoms with Gasteiger partial charge in [-0.2, -0.15) is 9.29 Å². The van der Waals surface area contributed by atoms with Crippen LogP contribution >= 0.6 is 0 Å². The molecule has 27 heavy (non-hydrogen) atoms. The Hall–Kier alpha value is -2.71. The van der Waals surface area contributed by atoms with Gasteiger partial charge >= 0.3 is 0 Å². The van der Waals surface area contributed by atoms with Crippen LogP contribution in [0.4, 0.5) is 0 Å². The Kier molecular flexibility index (Phi) is 4.67. The maximum Gasteiger partial charge on any atom is 0.246 e. The van der Waals surface area contributed by atoms with Gasteiger partial charge in [0.05, 0.1) is 13.0 Å². The lowest BCUT2D eigenvalue weighted by atomic mass is 10.0. The lowest BCUT2D eigenvalue weighted by Gasteiger charge is -2.36. The first kappa shape index (κ1) is 17.7. The van der Waals surface area contributed by atoms with Gasteiger partial charge in [-0.15, -0.1) is 0 Å². The fourth-order valence-electron chi connectivity index (χ4n) is 3.05. The Morgan fingerprint density at radius 1 is 1.11 bits per heavy atom. The van der Waals surface area contributed by atoms with E-state index in [4.69, 9.17) is 9.26 Å². The molecule has 4 rings (SSSR count). The molecule has 8 heteroatoms. The van der Waals surface area contributed by atoms with E-state index in [0.717, 1.165) is 5.56 Å². The number of nitrogens with zero attached hydrogens (tertiary/aromatic N) is 3. The van der Waals surface area contributed by atoms with E-state index in [2.05, 4.69) is 10.1 Å². The van der Waals surface area contributed by atoms with Gasteiger partial charge in [0.2, 0.25) is 15.9 Å². The molecule has 1 saturated heterocycles. The zero-order valence-corrected chi connectivity index (χ0v) is 15.6. The number of aromatic nitrogens is 2. The molecule has 2 heterocycles. The van der Waals surface area contributed by atoms with E-state index < -0.39 is 10.0 Å². The molecule has 0 atom stereocenters. The van der Waals surface area contributed by atoms with Gasteiger partial charge in [0.1, 0.15) is 10.6 Å². The highest BCUT2D eigenvalue weighted by molar-refractivity contribution is 7.89. The zero-order chi connectivity index (χ0) is 18.9. The number of benzene rings is 2. The van der Waals surface area contributed by atoms with Crippen LogP contribution in [0, 0.1) is 0 Å². The summed E-state index contributed by atoms with van der Waals surface area (Å²) in [6.07, 6.45) is 0.584. The molecule has 3 aromatic rings. The minimum atomic E-state index is -3.61. The number of methoxy groups -OCH3 is 1. The number of para-hydroxylation sites is 1. The number of rotatable bonds is 6. The summed E-state index contributed by atoms with van der Waals surface area (Å²) in [5, 5.41) is 4.01. The second kappa shape index (κ2) is 7.13. The van der Waals surface area contributed by atoms with Crippen LogP contribution in [0.25, 0.3) is 0 Å². The monoisotopic (exact) mass is 385 g/mol. The second-order valence-electron chi connectivity index (χ2n) is 6.38. The highest BCUT2D eigenvalue weighted by atomic mass is 32.2. The standard InChI is InChI=1S/C19H19N3O4S/c1-25-16-9-5-6-10-17(16)27(23,24)22-12-15(13-22)19-20-18(21-26-19)11-14-7-3-2-4-8-14/h2-10,15H,11-13H2,1H3. The summed E-state index contributed by atoms with van der Waals surface area (Å²) >= 11 is 0. The molecule has 0 unspecified atom stereocenters. The number of sulfonamides is 1. The van der Waals surface area contributed by atoms with E-state index in [1.807, 2.05) is 30.3 Å². The Bertz CT molecular complexity index is 1030. The van der Waals surface area contributed by atoms with E-state index >= 15 is 0 Å². The normalized spacial score (nSPS) is 15.4. The van der Waals surface area contributed by atoms with Crippen molar-refractivity contribution < 1.29 is 17.7 Å². The van der Waals surface area contributed by atoms with Gasteiger partial charge in [0.25, 0.3) is 0 Å². The van der Waals surface area contributed by atoms with Gasteiger partial charge in [-0.1, -0.05) is 47.6 Å². The van der Waals surface area contributed by atoms with Crippen molar-refractivity contribution in [3.63, 3.8) is 0 Å². The quantitative estimate of drug-likeness (QED) is 0.648. The second-order valence-corrected chi connectivity index (χ2v) is 8.29. The van der Waals surface area contributed by atoms with Gasteiger partial charge in [-0.05, 0) is 17.7 Å². The highest BCUT2D eigenvalue weighted by Gasteiger charge is 2.41. The summed E-state index contributed by atoms with van der Waals surface area (Å²) in [6.45, 7) is 0.626. The van der Waals surface area contributed by atoms with Crippen LogP contribution in [0.3, 0.4) is 0 Å². The molecular weight excluding hydrogens is 366 g/mol. The largest absolute Gasteiger partial charge is 0.495 e. The van der Waals surface area contributed by atoms with Crippen LogP contribution in [0.15, 0.2) is 64.0 Å². The minimum Gasteiger partial charge on any atom is -0.495 e. The van der Waals surface area contributed by atoms with Gasteiger partial charge in [-0.25, -0.2) is 8.42 Å². The fraction of sp³-hybridized carbons (Fsp3) is 0.263. The first-order valence-corrected chi connectivity index (χ1v) is 10.0. The number of hydrogen-bond donors (Lipinski definition) is 0. The lowest BCUT2D eigenvalue weighted by molar-refractivity contribution is 0.216. The molecule has 2 aromatic carbocycles. The molecule has 0 N–H and O–H groups in total. The van der Waals surface area contributed by atoms with Crippen LogP contribution in [-0.2, 0) is 16.4 Å². The average Bonchev–Trinajstić information content (AvgIpc) is 3.09. The Balaban J connectivity index is 1.44. The molecule has 1 aromatic heterocycles. The number of ether oxygens (including phenoxy) is 1. The first-order valence-electron chi connectivity index (χ1n) is 8.57. The van der Waals surface area contributed by atoms with Crippen molar-refractivity contribution >= 4 is 10.0 Å². The van der Waals surface area contributed by atoms with Crippen molar-refractivity contribution in [2.45, 2.75) is 17.2 Å². The molecule has 7 nitrogen and oxygen atoms in total. The number of hydrogen-bond acceptors (Lipinski definition) is 6. The molecule has 0 spiro atoms. The van der Waals surface area contributed by atoms with E-state index in [1.54, 1.807) is 24.3 Å². The first-order chi connectivity index (χ1) is 13.1. The third-order valence-corrected chi connectivity index (χ3v) is 6.44. The van der Waals surface area contributed by atoms with Crippen LogP contribution in [0.2, 0.25) is 0 Å². The summed E-state index contributed by atoms with van der Waals surface area (Å²) in [6, 6.07) is 16.5. The smallest absolute Gasteiger partial charge is 0.246 e. The molecule has 0 radical (unpaired) electrons. The van der Waals surface area contributed by atoms with Crippen LogP contribution in [0.1, 0.15) is 23.2 Å². The maximum atomic E-state index is 12.8. The van der Waals surface area contributed by atoms with Gasteiger partial charge < -0.3 is 9.26 Å². The Labute approximate surface area is 157 Å². The highest BCUT2D eigenvalue weighted by Crippen LogP contribution is 2.34. The van der Waals surface area contributed by atoms with Crippen molar-refractivity contribution in [2.75, 3.05) is 20.2 Å². The van der Waals surface area contributed by atoms with E-state index in [0.29, 0.717) is 37.0 Å². The summed E-state index contributed by atoms with van der Waals surface area (Å²) in [5.41, 5.74) is 1.10. The van der Waals surface area contributed by atoms with Gasteiger partial charge in [0, 0.05) is 19.5 Å². The van der Waals surface area contributed by atoms with Gasteiger partial charge in [-0.3, -0.25) is 0 Å². The predicted octanol–water partition coefficient (Wildman–Crippen LogP) is 2.46. The Morgan fingerprint density at radius 3 is 2.56 bits per heavy atom. The van der Waals surface area contributed by atoms with Crippen molar-refractivity contribution in [3.8, 4) is 5.75 Å². The van der Waals surface area contributed by atoms with Crippen molar-refractivity contribution in [1.29, 1.82) is 0 Å². The summed E-state index contributed by atoms with van der Waals surface area (Å²) < 4.78 is 37.5. The molecule has 1 aliphatic heterocycles. The van der Waals surface area contributed by atoms with Crippen molar-refractivity contribution in [3.05, 3.63) is 71.9 Å². The van der Waals surface area contributed by atoms with Crippen LogP contribution in [0.5, 0.6) is 5.75 Å². The van der Waals surface area contributed by atoms with E-state index in [1.165, 1.54) is 11.4 Å². The summed E-state index contributed by atoms with van der Waals surface area (Å²) in [7, 11) is -2.15. The van der Waals surface area contributed by atoms with Crippen molar-refractivity contribution in [1.82, 2.24) is 14.4 Å². The third-order valence-electron chi connectivity index (χ3n) is 4.57. The summed E-state index contributed by atoms with van der Waals surface area (Å²) in [5.74, 6) is 1.32. The third kappa shape index (κ3) is 3.45. The molecular formula is C19H19N3O4S. The molecule has 140 valence electrons. The van der Waals surface area contributed by atoms with Crippen LogP contribution in [-0.4, -0.2) is 43.1 Å². The fourth-order valence-corrected chi connectivity index (χ4v) is 4.73. The summed E-state index contributed by atoms with van der Waals surface area (Å²) in [4.78, 5) is 4.59. The molecule has 0 aliphatic carbocycles. The molecule has 1 aliphatic rings. The minimum absolute atomic E-state index is 0.0912. The molecule has 0 amide bonds. The van der Waals surface area contributed by atoms with Gasteiger partial charge in [0.15, 0.2) is 5.82 Å². The molecule has 0 bridgehead atoms. The van der Waals surface area contributed by atoms with E-state index in [9.17, 15) is 8.42 Å². The van der Waals surface area contributed by atoms with E-state index in [-0.39, 0.29) is 10.8 Å². The van der Waals surface area contributed by atoms with Crippen molar-refractivity contribution in [2.24, 2.45) is 0 Å². The topological polar surface area (TPSA) is 85.5 Å². The molecule has 1 fully saturated rings. The SMILES string of the molecule is COc1ccccc1S(=O)(=O)N1CC(c2nc(Cc3ccccc3)no2)C1. The average molecular weight is 385 g/mol. The maximum absolute atomic E-state index is 12.8.